The number of amides is 1. The lowest BCUT2D eigenvalue weighted by Gasteiger charge is -2.14. The fourth-order valence-corrected chi connectivity index (χ4v) is 2.17. The molecular formula is C18H23N3O. The van der Waals surface area contributed by atoms with E-state index in [-0.39, 0.29) is 5.91 Å². The highest BCUT2D eigenvalue weighted by molar-refractivity contribution is 6.01. The van der Waals surface area contributed by atoms with Crippen LogP contribution in [0.5, 0.6) is 0 Å². The maximum absolute atomic E-state index is 12.3. The summed E-state index contributed by atoms with van der Waals surface area (Å²) in [6.45, 7) is 6.81. The van der Waals surface area contributed by atoms with Gasteiger partial charge in [-0.15, -0.1) is 0 Å². The maximum atomic E-state index is 12.3. The summed E-state index contributed by atoms with van der Waals surface area (Å²) in [5.41, 5.74) is 11.1. The van der Waals surface area contributed by atoms with E-state index in [4.69, 9.17) is 5.73 Å². The van der Waals surface area contributed by atoms with Gasteiger partial charge in [0.2, 0.25) is 0 Å². The Hall–Kier alpha value is -2.49. The van der Waals surface area contributed by atoms with Crippen molar-refractivity contribution in [2.75, 3.05) is 17.6 Å². The first-order chi connectivity index (χ1) is 10.5. The molecule has 2 aromatic rings. The van der Waals surface area contributed by atoms with E-state index in [1.54, 1.807) is 12.1 Å². The monoisotopic (exact) mass is 297 g/mol. The number of aryl methyl sites for hydroxylation is 2. The third kappa shape index (κ3) is 3.79. The van der Waals surface area contributed by atoms with Crippen molar-refractivity contribution in [3.8, 4) is 0 Å². The van der Waals surface area contributed by atoms with Crippen LogP contribution in [0.1, 0.15) is 34.8 Å². The largest absolute Gasteiger partial charge is 0.399 e. The van der Waals surface area contributed by atoms with Crippen LogP contribution in [0, 0.1) is 13.8 Å². The molecule has 0 aromatic heterocycles. The molecule has 1 amide bonds. The number of carbonyl (C=O) groups is 1. The number of hydrogen-bond acceptors (Lipinski definition) is 3. The summed E-state index contributed by atoms with van der Waals surface area (Å²) in [6, 6.07) is 11.5. The minimum atomic E-state index is -0.111. The number of benzene rings is 2. The quantitative estimate of drug-likeness (QED) is 0.736. The Balaban J connectivity index is 2.29. The van der Waals surface area contributed by atoms with Crippen molar-refractivity contribution >= 4 is 23.0 Å². The first-order valence-corrected chi connectivity index (χ1v) is 7.53. The fraction of sp³-hybridized carbons (Fsp3) is 0.278. The molecule has 2 aromatic carbocycles. The molecule has 0 fully saturated rings. The highest BCUT2D eigenvalue weighted by atomic mass is 16.1. The van der Waals surface area contributed by atoms with Crippen molar-refractivity contribution in [1.82, 2.24) is 5.32 Å². The number of nitrogens with two attached hydrogens (primary N) is 1. The summed E-state index contributed by atoms with van der Waals surface area (Å²) in [7, 11) is 0. The van der Waals surface area contributed by atoms with E-state index in [0.717, 1.165) is 17.8 Å². The number of nitrogens with one attached hydrogen (secondary N) is 2. The molecule has 0 aliphatic heterocycles. The molecule has 22 heavy (non-hydrogen) atoms. The van der Waals surface area contributed by atoms with Gasteiger partial charge in [0, 0.05) is 17.9 Å². The minimum absolute atomic E-state index is 0.111. The molecule has 0 aliphatic carbocycles. The molecular weight excluding hydrogens is 274 g/mol. The van der Waals surface area contributed by atoms with Crippen molar-refractivity contribution < 1.29 is 4.79 Å². The summed E-state index contributed by atoms with van der Waals surface area (Å²) in [5.74, 6) is -0.111. The summed E-state index contributed by atoms with van der Waals surface area (Å²) in [4.78, 5) is 12.3. The molecule has 0 bridgehead atoms. The summed E-state index contributed by atoms with van der Waals surface area (Å²) in [6.07, 6.45) is 0.897. The van der Waals surface area contributed by atoms with Gasteiger partial charge in [-0.25, -0.2) is 0 Å². The Kier molecular flexibility index (Phi) is 5.04. The van der Waals surface area contributed by atoms with Crippen molar-refractivity contribution in [3.63, 3.8) is 0 Å². The van der Waals surface area contributed by atoms with Crippen LogP contribution in [0.2, 0.25) is 0 Å². The number of rotatable bonds is 5. The van der Waals surface area contributed by atoms with Gasteiger partial charge in [-0.2, -0.15) is 0 Å². The SMILES string of the molecule is CCCNC(=O)c1cc(N)ccc1Nc1ccc(C)c(C)c1. The van der Waals surface area contributed by atoms with Crippen molar-refractivity contribution in [2.24, 2.45) is 0 Å². The zero-order valence-electron chi connectivity index (χ0n) is 13.4. The Morgan fingerprint density at radius 2 is 1.86 bits per heavy atom. The van der Waals surface area contributed by atoms with Crippen LogP contribution in [0.3, 0.4) is 0 Å². The van der Waals surface area contributed by atoms with E-state index in [2.05, 4.69) is 36.6 Å². The van der Waals surface area contributed by atoms with Crippen LogP contribution in [0.25, 0.3) is 0 Å². The van der Waals surface area contributed by atoms with E-state index < -0.39 is 0 Å². The lowest BCUT2D eigenvalue weighted by atomic mass is 10.1. The van der Waals surface area contributed by atoms with Crippen LogP contribution in [0.15, 0.2) is 36.4 Å². The third-order valence-electron chi connectivity index (χ3n) is 3.61. The van der Waals surface area contributed by atoms with Gasteiger partial charge in [-0.3, -0.25) is 4.79 Å². The lowest BCUT2D eigenvalue weighted by Crippen LogP contribution is -2.24. The molecule has 2 rings (SSSR count). The van der Waals surface area contributed by atoms with Crippen molar-refractivity contribution in [3.05, 3.63) is 53.1 Å². The Morgan fingerprint density at radius 3 is 2.55 bits per heavy atom. The summed E-state index contributed by atoms with van der Waals surface area (Å²) in [5, 5.41) is 6.20. The molecule has 4 heteroatoms. The van der Waals surface area contributed by atoms with Gasteiger partial charge in [-0.1, -0.05) is 13.0 Å². The predicted octanol–water partition coefficient (Wildman–Crippen LogP) is 3.77. The topological polar surface area (TPSA) is 67.2 Å². The van der Waals surface area contributed by atoms with E-state index >= 15 is 0 Å². The smallest absolute Gasteiger partial charge is 0.253 e. The fourth-order valence-electron chi connectivity index (χ4n) is 2.17. The van der Waals surface area contributed by atoms with Gasteiger partial charge in [0.15, 0.2) is 0 Å². The first-order valence-electron chi connectivity index (χ1n) is 7.53. The molecule has 4 N–H and O–H groups in total. The second-order valence-electron chi connectivity index (χ2n) is 5.48. The number of nitrogen functional groups attached to an aromatic ring is 1. The van der Waals surface area contributed by atoms with Gasteiger partial charge >= 0.3 is 0 Å². The van der Waals surface area contributed by atoms with Crippen molar-refractivity contribution in [1.29, 1.82) is 0 Å². The first kappa shape index (κ1) is 15.9. The third-order valence-corrected chi connectivity index (χ3v) is 3.61. The van der Waals surface area contributed by atoms with Gasteiger partial charge < -0.3 is 16.4 Å². The van der Waals surface area contributed by atoms with Crippen LogP contribution in [0.4, 0.5) is 17.1 Å². The predicted molar refractivity (Wildman–Crippen MR) is 92.7 cm³/mol. The highest BCUT2D eigenvalue weighted by Crippen LogP contribution is 2.24. The van der Waals surface area contributed by atoms with Crippen LogP contribution in [-0.4, -0.2) is 12.5 Å². The van der Waals surface area contributed by atoms with E-state index in [1.165, 1.54) is 11.1 Å². The second-order valence-corrected chi connectivity index (χ2v) is 5.48. The van der Waals surface area contributed by atoms with Crippen LogP contribution < -0.4 is 16.4 Å². The molecule has 116 valence electrons. The maximum Gasteiger partial charge on any atom is 0.253 e. The molecule has 0 saturated carbocycles. The van der Waals surface area contributed by atoms with Gasteiger partial charge in [0.05, 0.1) is 11.3 Å². The van der Waals surface area contributed by atoms with Gasteiger partial charge in [-0.05, 0) is 61.7 Å². The Morgan fingerprint density at radius 1 is 1.09 bits per heavy atom. The Labute approximate surface area is 131 Å². The van der Waals surface area contributed by atoms with Crippen LogP contribution >= 0.6 is 0 Å². The zero-order chi connectivity index (χ0) is 16.1. The minimum Gasteiger partial charge on any atom is -0.399 e. The summed E-state index contributed by atoms with van der Waals surface area (Å²) >= 11 is 0. The number of anilines is 3. The van der Waals surface area contributed by atoms with Gasteiger partial charge in [0.1, 0.15) is 0 Å². The Bertz CT molecular complexity index is 680. The molecule has 0 heterocycles. The zero-order valence-corrected chi connectivity index (χ0v) is 13.4. The molecule has 0 unspecified atom stereocenters. The molecule has 0 atom stereocenters. The molecule has 0 radical (unpaired) electrons. The molecule has 4 nitrogen and oxygen atoms in total. The lowest BCUT2D eigenvalue weighted by molar-refractivity contribution is 0.0954. The summed E-state index contributed by atoms with van der Waals surface area (Å²) < 4.78 is 0. The van der Waals surface area contributed by atoms with E-state index in [1.807, 2.05) is 19.1 Å². The molecule has 0 saturated heterocycles. The number of hydrogen-bond donors (Lipinski definition) is 3. The van der Waals surface area contributed by atoms with Crippen molar-refractivity contribution in [2.45, 2.75) is 27.2 Å². The molecule has 0 spiro atoms. The van der Waals surface area contributed by atoms with Crippen LogP contribution in [-0.2, 0) is 0 Å². The normalized spacial score (nSPS) is 10.3. The standard InChI is InChI=1S/C18H23N3O/c1-4-9-20-18(22)16-11-14(19)6-8-17(16)21-15-7-5-12(2)13(3)10-15/h5-8,10-11,21H,4,9,19H2,1-3H3,(H,20,22). The molecule has 0 aliphatic rings. The average Bonchev–Trinajstić information content (AvgIpc) is 2.50. The van der Waals surface area contributed by atoms with E-state index in [0.29, 0.717) is 17.8 Å². The highest BCUT2D eigenvalue weighted by Gasteiger charge is 2.12. The van der Waals surface area contributed by atoms with E-state index in [9.17, 15) is 4.79 Å². The second kappa shape index (κ2) is 6.98. The van der Waals surface area contributed by atoms with Gasteiger partial charge in [0.25, 0.3) is 5.91 Å². The number of carbonyl (C=O) groups excluding carboxylic acids is 1. The average molecular weight is 297 g/mol.